The van der Waals surface area contributed by atoms with Crippen LogP contribution in [0.2, 0.25) is 0 Å². The van der Waals surface area contributed by atoms with Gasteiger partial charge in [0.2, 0.25) is 0 Å². The third-order valence-electron chi connectivity index (χ3n) is 1.64. The SMILES string of the molecule is C/C=C(/F)S(=O)c1ccc(C)cc1. The predicted molar refractivity (Wildman–Crippen MR) is 52.5 cm³/mol. The van der Waals surface area contributed by atoms with Crippen molar-refractivity contribution in [3.8, 4) is 0 Å². The average molecular weight is 198 g/mol. The van der Waals surface area contributed by atoms with Gasteiger partial charge in [-0.2, -0.15) is 4.39 Å². The smallest absolute Gasteiger partial charge is 0.187 e. The highest BCUT2D eigenvalue weighted by Crippen LogP contribution is 2.15. The Bertz CT molecular complexity index is 340. The Labute approximate surface area is 79.7 Å². The van der Waals surface area contributed by atoms with Crippen molar-refractivity contribution in [3.05, 3.63) is 41.1 Å². The second-order valence-electron chi connectivity index (χ2n) is 2.67. The molecule has 0 aliphatic rings. The van der Waals surface area contributed by atoms with Gasteiger partial charge in [0.05, 0.1) is 0 Å². The minimum absolute atomic E-state index is 0.501. The van der Waals surface area contributed by atoms with Crippen molar-refractivity contribution in [1.82, 2.24) is 0 Å². The Kier molecular flexibility index (Phi) is 3.37. The second kappa shape index (κ2) is 4.33. The predicted octanol–water partition coefficient (Wildman–Crippen LogP) is 2.93. The number of hydrogen-bond donors (Lipinski definition) is 0. The normalized spacial score (nSPS) is 14.2. The Morgan fingerprint density at radius 3 is 2.38 bits per heavy atom. The van der Waals surface area contributed by atoms with Gasteiger partial charge >= 0.3 is 0 Å². The van der Waals surface area contributed by atoms with Gasteiger partial charge in [-0.25, -0.2) is 4.21 Å². The number of rotatable bonds is 2. The molecule has 70 valence electrons. The van der Waals surface area contributed by atoms with Crippen molar-refractivity contribution in [2.75, 3.05) is 0 Å². The highest BCUT2D eigenvalue weighted by Gasteiger charge is 2.07. The topological polar surface area (TPSA) is 17.1 Å². The van der Waals surface area contributed by atoms with Gasteiger partial charge in [-0.15, -0.1) is 0 Å². The largest absolute Gasteiger partial charge is 0.247 e. The molecule has 13 heavy (non-hydrogen) atoms. The van der Waals surface area contributed by atoms with E-state index in [2.05, 4.69) is 0 Å². The molecule has 0 aromatic heterocycles. The maximum Gasteiger partial charge on any atom is 0.187 e. The lowest BCUT2D eigenvalue weighted by Gasteiger charge is -1.98. The van der Waals surface area contributed by atoms with E-state index in [1.807, 2.05) is 19.1 Å². The van der Waals surface area contributed by atoms with Crippen LogP contribution in [-0.4, -0.2) is 4.21 Å². The first-order valence-electron chi connectivity index (χ1n) is 3.95. The third kappa shape index (κ3) is 2.49. The van der Waals surface area contributed by atoms with E-state index in [1.165, 1.54) is 13.0 Å². The van der Waals surface area contributed by atoms with Crippen molar-refractivity contribution in [2.45, 2.75) is 18.7 Å². The van der Waals surface area contributed by atoms with E-state index in [1.54, 1.807) is 12.1 Å². The van der Waals surface area contributed by atoms with Crippen LogP contribution < -0.4 is 0 Å². The van der Waals surface area contributed by atoms with Crippen LogP contribution in [0.4, 0.5) is 4.39 Å². The molecule has 0 bridgehead atoms. The first-order valence-corrected chi connectivity index (χ1v) is 5.10. The fraction of sp³-hybridized carbons (Fsp3) is 0.200. The van der Waals surface area contributed by atoms with Gasteiger partial charge in [-0.05, 0) is 32.1 Å². The number of benzene rings is 1. The zero-order valence-corrected chi connectivity index (χ0v) is 8.40. The minimum atomic E-state index is -1.64. The van der Waals surface area contributed by atoms with Gasteiger partial charge < -0.3 is 0 Å². The molecule has 1 rings (SSSR count). The van der Waals surface area contributed by atoms with Gasteiger partial charge in [0.1, 0.15) is 10.8 Å². The van der Waals surface area contributed by atoms with Crippen LogP contribution in [-0.2, 0) is 10.8 Å². The lowest BCUT2D eigenvalue weighted by molar-refractivity contribution is 0.649. The molecule has 0 N–H and O–H groups in total. The van der Waals surface area contributed by atoms with E-state index in [-0.39, 0.29) is 0 Å². The van der Waals surface area contributed by atoms with Crippen molar-refractivity contribution < 1.29 is 8.60 Å². The number of aryl methyl sites for hydroxylation is 1. The standard InChI is InChI=1S/C10H11FOS/c1-3-10(11)13(12)9-6-4-8(2)5-7-9/h3-7H,1-2H3/b10-3-. The van der Waals surface area contributed by atoms with Gasteiger partial charge in [-0.3, -0.25) is 0 Å². The molecule has 0 fully saturated rings. The number of halogens is 1. The second-order valence-corrected chi connectivity index (χ2v) is 4.07. The Balaban J connectivity index is 2.97. The quantitative estimate of drug-likeness (QED) is 0.714. The van der Waals surface area contributed by atoms with E-state index in [9.17, 15) is 8.60 Å². The summed E-state index contributed by atoms with van der Waals surface area (Å²) >= 11 is 0. The molecule has 1 aromatic carbocycles. The van der Waals surface area contributed by atoms with E-state index in [4.69, 9.17) is 0 Å². The molecule has 0 amide bonds. The van der Waals surface area contributed by atoms with Gasteiger partial charge in [-0.1, -0.05) is 17.7 Å². The summed E-state index contributed by atoms with van der Waals surface area (Å²) < 4.78 is 24.2. The molecular formula is C10H11FOS. The maximum absolute atomic E-state index is 12.9. The summed E-state index contributed by atoms with van der Waals surface area (Å²) in [7, 11) is -1.64. The van der Waals surface area contributed by atoms with Crippen LogP contribution in [0.1, 0.15) is 12.5 Å². The van der Waals surface area contributed by atoms with Crippen molar-refractivity contribution >= 4 is 10.8 Å². The molecule has 0 aliphatic carbocycles. The number of hydrogen-bond acceptors (Lipinski definition) is 1. The molecule has 0 spiro atoms. The van der Waals surface area contributed by atoms with Crippen molar-refractivity contribution in [1.29, 1.82) is 0 Å². The maximum atomic E-state index is 12.9. The summed E-state index contributed by atoms with van der Waals surface area (Å²) in [6.45, 7) is 3.46. The zero-order valence-electron chi connectivity index (χ0n) is 7.58. The fourth-order valence-corrected chi connectivity index (χ4v) is 1.70. The molecule has 0 radical (unpaired) electrons. The van der Waals surface area contributed by atoms with Crippen LogP contribution >= 0.6 is 0 Å². The van der Waals surface area contributed by atoms with E-state index < -0.39 is 16.0 Å². The molecule has 1 atom stereocenters. The lowest BCUT2D eigenvalue weighted by atomic mass is 10.2. The summed E-state index contributed by atoms with van der Waals surface area (Å²) in [5, 5.41) is -0.594. The minimum Gasteiger partial charge on any atom is -0.247 e. The van der Waals surface area contributed by atoms with Crippen LogP contribution in [0.3, 0.4) is 0 Å². The Morgan fingerprint density at radius 2 is 1.92 bits per heavy atom. The molecule has 1 unspecified atom stereocenters. The van der Waals surface area contributed by atoms with E-state index in [0.29, 0.717) is 4.90 Å². The molecule has 1 aromatic rings. The first-order chi connectivity index (χ1) is 6.15. The van der Waals surface area contributed by atoms with E-state index in [0.717, 1.165) is 5.56 Å². The summed E-state index contributed by atoms with van der Waals surface area (Å²) in [5.74, 6) is 0. The molecule has 0 aliphatic heterocycles. The van der Waals surface area contributed by atoms with Crippen LogP contribution in [0, 0.1) is 6.92 Å². The zero-order chi connectivity index (χ0) is 9.84. The average Bonchev–Trinajstić information content (AvgIpc) is 2.17. The molecular weight excluding hydrogens is 187 g/mol. The van der Waals surface area contributed by atoms with Gasteiger partial charge in [0.15, 0.2) is 5.16 Å². The molecule has 3 heteroatoms. The summed E-state index contributed by atoms with van der Waals surface area (Å²) in [5.41, 5.74) is 1.07. The van der Waals surface area contributed by atoms with E-state index >= 15 is 0 Å². The highest BCUT2D eigenvalue weighted by atomic mass is 32.2. The van der Waals surface area contributed by atoms with Crippen molar-refractivity contribution in [2.24, 2.45) is 0 Å². The molecule has 0 saturated carbocycles. The lowest BCUT2D eigenvalue weighted by Crippen LogP contribution is -1.91. The third-order valence-corrected chi connectivity index (χ3v) is 2.93. The molecule has 1 nitrogen and oxygen atoms in total. The monoisotopic (exact) mass is 198 g/mol. The summed E-state index contributed by atoms with van der Waals surface area (Å²) in [6, 6.07) is 6.98. The highest BCUT2D eigenvalue weighted by molar-refractivity contribution is 7.88. The Morgan fingerprint density at radius 1 is 1.38 bits per heavy atom. The van der Waals surface area contributed by atoms with Crippen LogP contribution in [0.5, 0.6) is 0 Å². The summed E-state index contributed by atoms with van der Waals surface area (Å²) in [6.07, 6.45) is 1.22. The molecule has 0 saturated heterocycles. The van der Waals surface area contributed by atoms with Gasteiger partial charge in [0, 0.05) is 4.90 Å². The van der Waals surface area contributed by atoms with Gasteiger partial charge in [0.25, 0.3) is 0 Å². The number of allylic oxidation sites excluding steroid dienone is 1. The van der Waals surface area contributed by atoms with Crippen molar-refractivity contribution in [3.63, 3.8) is 0 Å². The fourth-order valence-electron chi connectivity index (χ4n) is 0.881. The molecule has 0 heterocycles. The first kappa shape index (κ1) is 10.1. The Hall–Kier alpha value is -0.960. The van der Waals surface area contributed by atoms with Crippen LogP contribution in [0.15, 0.2) is 40.4 Å². The summed E-state index contributed by atoms with van der Waals surface area (Å²) in [4.78, 5) is 0.501. The van der Waals surface area contributed by atoms with Crippen LogP contribution in [0.25, 0.3) is 0 Å².